The van der Waals surface area contributed by atoms with Crippen LogP contribution in [0.15, 0.2) is 24.3 Å². The number of fused-ring (bicyclic) bond motifs is 1. The highest BCUT2D eigenvalue weighted by atomic mass is 32.2. The van der Waals surface area contributed by atoms with E-state index in [4.69, 9.17) is 10.6 Å². The fourth-order valence-electron chi connectivity index (χ4n) is 6.21. The molecule has 0 aromatic heterocycles. The molecule has 2 heterocycles. The lowest BCUT2D eigenvalue weighted by Gasteiger charge is -2.27. The maximum atomic E-state index is 13.1. The van der Waals surface area contributed by atoms with E-state index in [0.717, 1.165) is 36.0 Å². The number of benzene rings is 1. The van der Waals surface area contributed by atoms with Gasteiger partial charge in [-0.15, -0.1) is 12.3 Å². The van der Waals surface area contributed by atoms with E-state index in [1.165, 1.54) is 4.90 Å². The van der Waals surface area contributed by atoms with Crippen molar-refractivity contribution in [1.82, 2.24) is 25.2 Å². The summed E-state index contributed by atoms with van der Waals surface area (Å²) in [6, 6.07) is 4.76. The molecule has 1 aromatic rings. The maximum Gasteiger partial charge on any atom is 0.407 e. The van der Waals surface area contributed by atoms with Crippen molar-refractivity contribution in [1.29, 1.82) is 0 Å². The van der Waals surface area contributed by atoms with E-state index in [-0.39, 0.29) is 36.9 Å². The number of nitrogens with zero attached hydrogens (tertiary/aromatic N) is 2. The Labute approximate surface area is 289 Å². The number of terminal acetylenes is 1. The SMILES string of the molecule is C#CC1CC(CNC(CCC)C(=O)NS(=O)(=O)OC2(C)CC2)N(C(=O)CNC(=O)CCCCCC=Cc2cccc3c2CN(C(=O)O)C3)C1. The molecule has 14 heteroatoms. The molecule has 3 aliphatic rings. The maximum absolute atomic E-state index is 13.1. The van der Waals surface area contributed by atoms with Crippen LogP contribution in [0.4, 0.5) is 4.79 Å². The number of carboxylic acid groups (broad SMARTS) is 1. The van der Waals surface area contributed by atoms with Gasteiger partial charge in [-0.05, 0) is 68.6 Å². The van der Waals surface area contributed by atoms with Crippen molar-refractivity contribution in [2.24, 2.45) is 5.92 Å². The molecule has 1 aromatic carbocycles. The van der Waals surface area contributed by atoms with Crippen LogP contribution in [0.25, 0.3) is 6.08 Å². The summed E-state index contributed by atoms with van der Waals surface area (Å²) in [4.78, 5) is 52.8. The van der Waals surface area contributed by atoms with Crippen molar-refractivity contribution in [3.05, 3.63) is 41.0 Å². The highest BCUT2D eigenvalue weighted by molar-refractivity contribution is 7.85. The van der Waals surface area contributed by atoms with Crippen LogP contribution in [-0.4, -0.2) is 84.5 Å². The van der Waals surface area contributed by atoms with Gasteiger partial charge in [-0.2, -0.15) is 8.42 Å². The molecule has 3 unspecified atom stereocenters. The van der Waals surface area contributed by atoms with Gasteiger partial charge in [0, 0.05) is 38.0 Å². The number of rotatable bonds is 18. The molecule has 0 bridgehead atoms. The minimum atomic E-state index is -4.25. The Morgan fingerprint density at radius 1 is 1.18 bits per heavy atom. The van der Waals surface area contributed by atoms with Gasteiger partial charge in [0.15, 0.2) is 0 Å². The van der Waals surface area contributed by atoms with Crippen molar-refractivity contribution in [3.8, 4) is 12.3 Å². The Morgan fingerprint density at radius 2 is 1.96 bits per heavy atom. The van der Waals surface area contributed by atoms with Crippen LogP contribution >= 0.6 is 0 Å². The molecule has 1 saturated carbocycles. The summed E-state index contributed by atoms with van der Waals surface area (Å²) in [5.74, 6) is 1.33. The lowest BCUT2D eigenvalue weighted by Crippen LogP contribution is -2.52. The quantitative estimate of drug-likeness (QED) is 0.132. The third-order valence-electron chi connectivity index (χ3n) is 9.25. The zero-order chi connectivity index (χ0) is 35.6. The van der Waals surface area contributed by atoms with Crippen LogP contribution in [-0.2, 0) is 42.0 Å². The van der Waals surface area contributed by atoms with E-state index in [0.29, 0.717) is 64.6 Å². The summed E-state index contributed by atoms with van der Waals surface area (Å²) in [5, 5.41) is 15.1. The van der Waals surface area contributed by atoms with Gasteiger partial charge < -0.3 is 20.6 Å². The average molecular weight is 700 g/mol. The Bertz CT molecular complexity index is 1550. The summed E-state index contributed by atoms with van der Waals surface area (Å²) >= 11 is 0. The van der Waals surface area contributed by atoms with Gasteiger partial charge >= 0.3 is 16.4 Å². The van der Waals surface area contributed by atoms with Gasteiger partial charge in [0.2, 0.25) is 11.8 Å². The molecule has 268 valence electrons. The van der Waals surface area contributed by atoms with Gasteiger partial charge in [0.1, 0.15) is 0 Å². The fourth-order valence-corrected chi connectivity index (χ4v) is 7.33. The molecule has 2 fully saturated rings. The van der Waals surface area contributed by atoms with Crippen molar-refractivity contribution < 1.29 is 36.9 Å². The molecule has 1 aliphatic carbocycles. The number of unbranched alkanes of at least 4 members (excludes halogenated alkanes) is 3. The molecule has 3 atom stereocenters. The van der Waals surface area contributed by atoms with E-state index in [2.05, 4.69) is 22.6 Å². The van der Waals surface area contributed by atoms with Crippen LogP contribution in [0.3, 0.4) is 0 Å². The fraction of sp³-hybridized carbons (Fsp3) is 0.600. The second-order valence-corrected chi connectivity index (χ2v) is 14.7. The third-order valence-corrected chi connectivity index (χ3v) is 10.3. The van der Waals surface area contributed by atoms with Crippen LogP contribution in [0.2, 0.25) is 0 Å². The zero-order valence-corrected chi connectivity index (χ0v) is 29.2. The lowest BCUT2D eigenvalue weighted by molar-refractivity contribution is -0.133. The first-order valence-electron chi connectivity index (χ1n) is 17.1. The Balaban J connectivity index is 1.16. The van der Waals surface area contributed by atoms with Crippen LogP contribution in [0.1, 0.15) is 94.7 Å². The molecular weight excluding hydrogens is 650 g/mol. The van der Waals surface area contributed by atoms with Gasteiger partial charge in [0.05, 0.1) is 24.7 Å². The van der Waals surface area contributed by atoms with Crippen molar-refractivity contribution >= 4 is 40.2 Å². The molecule has 13 nitrogen and oxygen atoms in total. The predicted molar refractivity (Wildman–Crippen MR) is 184 cm³/mol. The summed E-state index contributed by atoms with van der Waals surface area (Å²) < 4.78 is 31.8. The largest absolute Gasteiger partial charge is 0.465 e. The van der Waals surface area contributed by atoms with E-state index in [1.54, 1.807) is 11.8 Å². The molecule has 0 spiro atoms. The highest BCUT2D eigenvalue weighted by Gasteiger charge is 2.44. The smallest absolute Gasteiger partial charge is 0.407 e. The van der Waals surface area contributed by atoms with E-state index in [1.807, 2.05) is 35.9 Å². The standard InChI is InChI=1S/C35H49N5O8S/c1-4-12-30(33(43)38-49(46,47)48-35(3)17-18-35)36-20-28-19-25(5-2)22-40(28)32(42)21-37-31(41)16-10-8-6-7-9-13-26-14-11-15-27-23-39(34(44)45)24-29(26)27/h2,9,11,13-15,25,28,30,36H,4,6-8,10,12,16-24H2,1,3H3,(H,37,41)(H,38,43)(H,44,45). The average Bonchev–Trinajstić information content (AvgIpc) is 3.42. The number of hydrogen-bond acceptors (Lipinski definition) is 8. The lowest BCUT2D eigenvalue weighted by atomic mass is 10.0. The number of likely N-dealkylation sites (tertiary alicyclic amines) is 1. The van der Waals surface area contributed by atoms with Gasteiger partial charge in [0.25, 0.3) is 5.91 Å². The summed E-state index contributed by atoms with van der Waals surface area (Å²) in [6.45, 7) is 4.76. The first kappa shape index (κ1) is 37.9. The summed E-state index contributed by atoms with van der Waals surface area (Å²) in [7, 11) is -4.25. The first-order chi connectivity index (χ1) is 23.3. The number of nitrogens with one attached hydrogen (secondary N) is 3. The minimum Gasteiger partial charge on any atom is -0.465 e. The number of carbonyl (C=O) groups is 4. The minimum absolute atomic E-state index is 0.163. The topological polar surface area (TPSA) is 174 Å². The molecular formula is C35H49N5O8S. The number of carbonyl (C=O) groups excluding carboxylic acids is 3. The first-order valence-corrected chi connectivity index (χ1v) is 18.5. The summed E-state index contributed by atoms with van der Waals surface area (Å²) in [6.07, 6.45) is 15.1. The molecule has 1 saturated heterocycles. The molecule has 2 aliphatic heterocycles. The van der Waals surface area contributed by atoms with Crippen LogP contribution < -0.4 is 15.4 Å². The molecule has 0 radical (unpaired) electrons. The normalized spacial score (nSPS) is 20.1. The molecule has 4 N–H and O–H groups in total. The predicted octanol–water partition coefficient (Wildman–Crippen LogP) is 3.30. The second kappa shape index (κ2) is 17.1. The van der Waals surface area contributed by atoms with E-state index < -0.39 is 33.9 Å². The van der Waals surface area contributed by atoms with Crippen LogP contribution in [0, 0.1) is 18.3 Å². The molecule has 49 heavy (non-hydrogen) atoms. The van der Waals surface area contributed by atoms with Gasteiger partial charge in [-0.1, -0.05) is 50.1 Å². The highest BCUT2D eigenvalue weighted by Crippen LogP contribution is 2.39. The van der Waals surface area contributed by atoms with Crippen molar-refractivity contribution in [3.63, 3.8) is 0 Å². The van der Waals surface area contributed by atoms with Gasteiger partial charge in [-0.3, -0.25) is 19.3 Å². The number of allylic oxidation sites excluding steroid dienone is 1. The zero-order valence-electron chi connectivity index (χ0n) is 28.4. The van der Waals surface area contributed by atoms with Crippen molar-refractivity contribution in [2.75, 3.05) is 19.6 Å². The third kappa shape index (κ3) is 11.3. The molecule has 4 amide bonds. The van der Waals surface area contributed by atoms with Gasteiger partial charge in [-0.25, -0.2) is 13.7 Å². The molecule has 4 rings (SSSR count). The number of hydrogen-bond donors (Lipinski definition) is 4. The van der Waals surface area contributed by atoms with Crippen LogP contribution in [0.5, 0.6) is 0 Å². The van der Waals surface area contributed by atoms with E-state index in [9.17, 15) is 32.7 Å². The van der Waals surface area contributed by atoms with Crippen molar-refractivity contribution in [2.45, 2.75) is 109 Å². The second-order valence-electron chi connectivity index (χ2n) is 13.4. The van der Waals surface area contributed by atoms with E-state index >= 15 is 0 Å². The monoisotopic (exact) mass is 699 g/mol. The Morgan fingerprint density at radius 3 is 2.65 bits per heavy atom. The number of amides is 4. The Hall–Kier alpha value is -3.93. The summed E-state index contributed by atoms with van der Waals surface area (Å²) in [5.41, 5.74) is 2.35. The Kier molecular flexibility index (Phi) is 13.2.